The van der Waals surface area contributed by atoms with Gasteiger partial charge in [0.2, 0.25) is 5.96 Å². The first-order valence-electron chi connectivity index (χ1n) is 9.84. The summed E-state index contributed by atoms with van der Waals surface area (Å²) in [6.45, 7) is 1.77. The molecular weight excluding hydrogens is 363 g/mol. The van der Waals surface area contributed by atoms with E-state index in [0.29, 0.717) is 17.5 Å². The van der Waals surface area contributed by atoms with Crippen LogP contribution >= 0.6 is 0 Å². The third-order valence-corrected chi connectivity index (χ3v) is 4.76. The topological polar surface area (TPSA) is 40.0 Å². The lowest BCUT2D eigenvalue weighted by molar-refractivity contribution is 0.506. The van der Waals surface area contributed by atoms with Crippen molar-refractivity contribution < 1.29 is 4.39 Å². The van der Waals surface area contributed by atoms with Crippen LogP contribution in [0.4, 0.5) is 15.8 Å². The normalized spacial score (nSPS) is 14.9. The molecule has 0 bridgehead atoms. The third kappa shape index (κ3) is 4.88. The molecular formula is C24H23FN4. The molecule has 0 atom stereocenters. The van der Waals surface area contributed by atoms with Crippen LogP contribution < -0.4 is 5.32 Å². The van der Waals surface area contributed by atoms with E-state index in [1.54, 1.807) is 18.2 Å². The molecule has 0 aromatic heterocycles. The van der Waals surface area contributed by atoms with Crippen molar-refractivity contribution in [1.29, 1.82) is 0 Å². The van der Waals surface area contributed by atoms with Crippen LogP contribution in [0, 0.1) is 5.82 Å². The second-order valence-corrected chi connectivity index (χ2v) is 6.87. The van der Waals surface area contributed by atoms with Crippen molar-refractivity contribution in [3.05, 3.63) is 96.3 Å². The molecule has 0 saturated carbocycles. The van der Waals surface area contributed by atoms with Gasteiger partial charge in [-0.1, -0.05) is 60.7 Å². The first-order chi connectivity index (χ1) is 14.3. The molecule has 1 fully saturated rings. The molecule has 1 aliphatic rings. The maximum atomic E-state index is 14.3. The SMILES string of the molecule is Fc1ccccc1/N=C(/N/C(=N/c1ccccc1)c1ccccc1)N1CCCC1. The maximum absolute atomic E-state index is 14.3. The molecule has 0 aliphatic carbocycles. The van der Waals surface area contributed by atoms with Crippen molar-refractivity contribution in [3.8, 4) is 0 Å². The summed E-state index contributed by atoms with van der Waals surface area (Å²) < 4.78 is 14.3. The average Bonchev–Trinajstić information content (AvgIpc) is 3.30. The maximum Gasteiger partial charge on any atom is 0.204 e. The van der Waals surface area contributed by atoms with E-state index in [0.717, 1.165) is 37.2 Å². The van der Waals surface area contributed by atoms with Gasteiger partial charge in [-0.3, -0.25) is 0 Å². The Morgan fingerprint density at radius 1 is 0.759 bits per heavy atom. The molecule has 1 aliphatic heterocycles. The van der Waals surface area contributed by atoms with Crippen molar-refractivity contribution in [2.45, 2.75) is 12.8 Å². The molecule has 0 amide bonds. The van der Waals surface area contributed by atoms with Crippen molar-refractivity contribution in [2.24, 2.45) is 9.98 Å². The lowest BCUT2D eigenvalue weighted by Gasteiger charge is -2.22. The van der Waals surface area contributed by atoms with Gasteiger partial charge in [0.15, 0.2) is 0 Å². The zero-order chi connectivity index (χ0) is 19.9. The molecule has 1 heterocycles. The number of nitrogens with one attached hydrogen (secondary N) is 1. The molecule has 3 aromatic carbocycles. The first kappa shape index (κ1) is 18.9. The van der Waals surface area contributed by atoms with E-state index in [1.165, 1.54) is 6.07 Å². The number of amidine groups is 1. The van der Waals surface area contributed by atoms with E-state index in [9.17, 15) is 4.39 Å². The van der Waals surface area contributed by atoms with Crippen LogP contribution in [0.2, 0.25) is 0 Å². The summed E-state index contributed by atoms with van der Waals surface area (Å²) in [7, 11) is 0. The highest BCUT2D eigenvalue weighted by Crippen LogP contribution is 2.19. The molecule has 0 spiro atoms. The smallest absolute Gasteiger partial charge is 0.204 e. The molecule has 146 valence electrons. The third-order valence-electron chi connectivity index (χ3n) is 4.76. The molecule has 29 heavy (non-hydrogen) atoms. The molecule has 1 N–H and O–H groups in total. The summed E-state index contributed by atoms with van der Waals surface area (Å²) in [6, 6.07) is 26.3. The molecule has 4 rings (SSSR count). The monoisotopic (exact) mass is 386 g/mol. The van der Waals surface area contributed by atoms with Gasteiger partial charge in [0.25, 0.3) is 0 Å². The fourth-order valence-electron chi connectivity index (χ4n) is 3.26. The minimum atomic E-state index is -0.341. The van der Waals surface area contributed by atoms with Crippen molar-refractivity contribution >= 4 is 23.2 Å². The number of halogens is 1. The van der Waals surface area contributed by atoms with Crippen LogP contribution in [0.5, 0.6) is 0 Å². The Hall–Kier alpha value is -3.47. The van der Waals surface area contributed by atoms with E-state index in [2.05, 4.69) is 15.2 Å². The summed E-state index contributed by atoms with van der Waals surface area (Å²) in [5.74, 6) is 0.956. The highest BCUT2D eigenvalue weighted by molar-refractivity contribution is 6.10. The van der Waals surface area contributed by atoms with Gasteiger partial charge in [-0.15, -0.1) is 0 Å². The number of likely N-dealkylation sites (tertiary alicyclic amines) is 1. The molecule has 1 saturated heterocycles. The number of aliphatic imine (C=N–C) groups is 2. The standard InChI is InChI=1S/C24H23FN4/c25-21-15-7-8-16-22(21)27-24(29-17-9-10-18-29)28-23(19-11-3-1-4-12-19)26-20-13-5-2-6-14-20/h1-8,11-16H,9-10,17-18H2,(H,26,27,28). The number of hydrogen-bond acceptors (Lipinski definition) is 2. The van der Waals surface area contributed by atoms with E-state index >= 15 is 0 Å². The van der Waals surface area contributed by atoms with Gasteiger partial charge >= 0.3 is 0 Å². The number of para-hydroxylation sites is 2. The Labute approximate surface area is 170 Å². The van der Waals surface area contributed by atoms with Gasteiger partial charge in [-0.2, -0.15) is 0 Å². The minimum Gasteiger partial charge on any atom is -0.342 e. The Morgan fingerprint density at radius 2 is 1.38 bits per heavy atom. The predicted octanol–water partition coefficient (Wildman–Crippen LogP) is 5.28. The molecule has 0 radical (unpaired) electrons. The van der Waals surface area contributed by atoms with Crippen molar-refractivity contribution in [1.82, 2.24) is 10.2 Å². The van der Waals surface area contributed by atoms with Crippen molar-refractivity contribution in [2.75, 3.05) is 13.1 Å². The van der Waals surface area contributed by atoms with E-state index in [4.69, 9.17) is 4.99 Å². The van der Waals surface area contributed by atoms with Crippen LogP contribution in [-0.2, 0) is 0 Å². The molecule has 4 nitrogen and oxygen atoms in total. The van der Waals surface area contributed by atoms with Crippen LogP contribution in [0.3, 0.4) is 0 Å². The van der Waals surface area contributed by atoms with Crippen LogP contribution in [0.25, 0.3) is 0 Å². The van der Waals surface area contributed by atoms with Crippen molar-refractivity contribution in [3.63, 3.8) is 0 Å². The summed E-state index contributed by atoms with van der Waals surface area (Å²) in [5.41, 5.74) is 2.09. The second-order valence-electron chi connectivity index (χ2n) is 6.87. The summed E-state index contributed by atoms with van der Waals surface area (Å²) in [6.07, 6.45) is 2.18. The molecule has 3 aromatic rings. The van der Waals surface area contributed by atoms with Crippen LogP contribution in [-0.4, -0.2) is 29.8 Å². The quantitative estimate of drug-likeness (QED) is 0.492. The number of nitrogens with zero attached hydrogens (tertiary/aromatic N) is 3. The highest BCUT2D eigenvalue weighted by Gasteiger charge is 2.19. The Bertz CT molecular complexity index is 994. The van der Waals surface area contributed by atoms with Crippen LogP contribution in [0.15, 0.2) is 94.9 Å². The lowest BCUT2D eigenvalue weighted by Crippen LogP contribution is -2.43. The fraction of sp³-hybridized carbons (Fsp3) is 0.167. The zero-order valence-corrected chi connectivity index (χ0v) is 16.1. The average molecular weight is 386 g/mol. The van der Waals surface area contributed by atoms with Gasteiger partial charge < -0.3 is 10.2 Å². The van der Waals surface area contributed by atoms with Gasteiger partial charge in [0.05, 0.1) is 5.69 Å². The lowest BCUT2D eigenvalue weighted by atomic mass is 10.2. The second kappa shape index (κ2) is 9.15. The summed E-state index contributed by atoms with van der Waals surface area (Å²) >= 11 is 0. The predicted molar refractivity (Wildman–Crippen MR) is 117 cm³/mol. The van der Waals surface area contributed by atoms with E-state index < -0.39 is 0 Å². The number of benzene rings is 3. The largest absolute Gasteiger partial charge is 0.342 e. The van der Waals surface area contributed by atoms with Gasteiger partial charge in [-0.05, 0) is 37.1 Å². The summed E-state index contributed by atoms with van der Waals surface area (Å²) in [5, 5.41) is 3.40. The number of rotatable bonds is 3. The molecule has 5 heteroatoms. The Morgan fingerprint density at radius 3 is 2.07 bits per heavy atom. The molecule has 0 unspecified atom stereocenters. The Balaban J connectivity index is 1.74. The first-order valence-corrected chi connectivity index (χ1v) is 9.84. The minimum absolute atomic E-state index is 0.314. The number of hydrogen-bond donors (Lipinski definition) is 1. The Kier molecular flexibility index (Phi) is 5.95. The van der Waals surface area contributed by atoms with E-state index in [1.807, 2.05) is 60.7 Å². The van der Waals surface area contributed by atoms with Crippen LogP contribution in [0.1, 0.15) is 18.4 Å². The zero-order valence-electron chi connectivity index (χ0n) is 16.1. The van der Waals surface area contributed by atoms with Gasteiger partial charge in [-0.25, -0.2) is 14.4 Å². The van der Waals surface area contributed by atoms with Gasteiger partial charge in [0, 0.05) is 18.7 Å². The van der Waals surface area contributed by atoms with E-state index in [-0.39, 0.29) is 5.82 Å². The van der Waals surface area contributed by atoms with Gasteiger partial charge in [0.1, 0.15) is 17.3 Å². The highest BCUT2D eigenvalue weighted by atomic mass is 19.1. The number of guanidine groups is 1. The fourth-order valence-corrected chi connectivity index (χ4v) is 3.26. The summed E-state index contributed by atoms with van der Waals surface area (Å²) in [4.78, 5) is 11.6.